The first-order valence-electron chi connectivity index (χ1n) is 3.42. The minimum atomic E-state index is 0. The maximum atomic E-state index is 4.04. The molecule has 2 fully saturated rings. The molecule has 44 valence electrons. The third kappa shape index (κ3) is 0.954. The van der Waals surface area contributed by atoms with Crippen molar-refractivity contribution in [3.63, 3.8) is 0 Å². The summed E-state index contributed by atoms with van der Waals surface area (Å²) in [4.78, 5) is 0. The second-order valence-electron chi connectivity index (χ2n) is 2.90. The van der Waals surface area contributed by atoms with Gasteiger partial charge in [-0.2, -0.15) is 0 Å². The van der Waals surface area contributed by atoms with Gasteiger partial charge in [-0.3, -0.25) is 0 Å². The molecule has 1 heteroatoms. The molecule has 0 aromatic rings. The third-order valence-electron chi connectivity index (χ3n) is 2.54. The van der Waals surface area contributed by atoms with Crippen LogP contribution in [0.25, 0.3) is 0 Å². The number of fused-ring (bicyclic) bond motifs is 2. The van der Waals surface area contributed by atoms with Gasteiger partial charge in [0, 0.05) is 0 Å². The zero-order chi connectivity index (χ0) is 5.56. The van der Waals surface area contributed by atoms with Crippen molar-refractivity contribution in [2.24, 2.45) is 5.92 Å². The van der Waals surface area contributed by atoms with Crippen LogP contribution < -0.4 is 18.9 Å². The van der Waals surface area contributed by atoms with E-state index in [-0.39, 0.29) is 18.9 Å². The molecule has 0 aliphatic heterocycles. The van der Waals surface area contributed by atoms with Crippen LogP contribution in [0.15, 0.2) is 12.2 Å². The van der Waals surface area contributed by atoms with Crippen molar-refractivity contribution in [3.05, 3.63) is 18.1 Å². The monoisotopic (exact) mass is 114 g/mol. The molecule has 2 rings (SSSR count). The number of allylic oxidation sites excluding steroid dienone is 1. The van der Waals surface area contributed by atoms with Crippen molar-refractivity contribution in [3.8, 4) is 0 Å². The fraction of sp³-hybridized carbons (Fsp3) is 0.625. The van der Waals surface area contributed by atoms with Crippen molar-refractivity contribution >= 4 is 0 Å². The van der Waals surface area contributed by atoms with Crippen LogP contribution in [-0.2, 0) is 0 Å². The van der Waals surface area contributed by atoms with Gasteiger partial charge >= 0.3 is 18.9 Å². The molecule has 0 heterocycles. The molecule has 9 heavy (non-hydrogen) atoms. The SMILES string of the molecule is C=C1[C-]2CCC1CC2.[Li+]. The maximum absolute atomic E-state index is 4.04. The van der Waals surface area contributed by atoms with Crippen LogP contribution in [-0.4, -0.2) is 0 Å². The summed E-state index contributed by atoms with van der Waals surface area (Å²) < 4.78 is 0. The molecule has 0 atom stereocenters. The van der Waals surface area contributed by atoms with Gasteiger partial charge in [0.2, 0.25) is 0 Å². The molecule has 0 N–H and O–H groups in total. The molecule has 0 radical (unpaired) electrons. The van der Waals surface area contributed by atoms with Gasteiger partial charge in [0.05, 0.1) is 0 Å². The van der Waals surface area contributed by atoms with Gasteiger partial charge in [0.25, 0.3) is 0 Å². The van der Waals surface area contributed by atoms with E-state index in [1.54, 1.807) is 5.92 Å². The van der Waals surface area contributed by atoms with E-state index in [2.05, 4.69) is 6.58 Å². The van der Waals surface area contributed by atoms with Gasteiger partial charge in [-0.15, -0.1) is 0 Å². The fourth-order valence-electron chi connectivity index (χ4n) is 1.92. The molecule has 0 spiro atoms. The minimum absolute atomic E-state index is 0. The summed E-state index contributed by atoms with van der Waals surface area (Å²) in [5, 5.41) is 0. The van der Waals surface area contributed by atoms with Crippen molar-refractivity contribution in [2.75, 3.05) is 0 Å². The fourth-order valence-corrected chi connectivity index (χ4v) is 1.92. The Morgan fingerprint density at radius 2 is 1.89 bits per heavy atom. The smallest absolute Gasteiger partial charge is 0.241 e. The van der Waals surface area contributed by atoms with Crippen LogP contribution in [0, 0.1) is 11.8 Å². The first-order valence-corrected chi connectivity index (χ1v) is 3.42. The molecule has 0 nitrogen and oxygen atoms in total. The van der Waals surface area contributed by atoms with Crippen molar-refractivity contribution in [1.29, 1.82) is 0 Å². The van der Waals surface area contributed by atoms with E-state index in [1.807, 2.05) is 0 Å². The number of rotatable bonds is 0. The maximum Gasteiger partial charge on any atom is 1.00 e. The Morgan fingerprint density at radius 3 is 2.00 bits per heavy atom. The Bertz CT molecular complexity index is 107. The number of hydrogen-bond donors (Lipinski definition) is 0. The van der Waals surface area contributed by atoms with Gasteiger partial charge < -0.3 is 0 Å². The average Bonchev–Trinajstić information content (AvgIpc) is 2.29. The second-order valence-corrected chi connectivity index (χ2v) is 2.90. The molecule has 2 aliphatic rings. The Kier molecular flexibility index (Phi) is 1.99. The molecule has 2 saturated carbocycles. The molecular weight excluding hydrogens is 103 g/mol. The molecule has 0 unspecified atom stereocenters. The molecular formula is C8H11Li. The summed E-state index contributed by atoms with van der Waals surface area (Å²) in [6, 6.07) is 0. The first kappa shape index (κ1) is 7.32. The summed E-state index contributed by atoms with van der Waals surface area (Å²) >= 11 is 0. The van der Waals surface area contributed by atoms with Crippen LogP contribution in [0.1, 0.15) is 25.7 Å². The van der Waals surface area contributed by atoms with E-state index in [0.29, 0.717) is 0 Å². The van der Waals surface area contributed by atoms with Crippen LogP contribution in [0.4, 0.5) is 0 Å². The summed E-state index contributed by atoms with van der Waals surface area (Å²) in [6.45, 7) is 4.04. The van der Waals surface area contributed by atoms with Crippen LogP contribution in [0.5, 0.6) is 0 Å². The molecule has 0 aromatic heterocycles. The number of hydrogen-bond acceptors (Lipinski definition) is 0. The van der Waals surface area contributed by atoms with E-state index in [4.69, 9.17) is 0 Å². The molecule has 0 saturated heterocycles. The van der Waals surface area contributed by atoms with Crippen molar-refractivity contribution in [2.45, 2.75) is 25.7 Å². The van der Waals surface area contributed by atoms with Crippen molar-refractivity contribution < 1.29 is 18.9 Å². The summed E-state index contributed by atoms with van der Waals surface area (Å²) in [6.07, 6.45) is 5.55. The van der Waals surface area contributed by atoms with Crippen LogP contribution >= 0.6 is 0 Å². The zero-order valence-corrected chi connectivity index (χ0v) is 6.11. The van der Waals surface area contributed by atoms with E-state index >= 15 is 0 Å². The third-order valence-corrected chi connectivity index (χ3v) is 2.54. The topological polar surface area (TPSA) is 0 Å². The zero-order valence-electron chi connectivity index (χ0n) is 6.11. The van der Waals surface area contributed by atoms with E-state index in [9.17, 15) is 0 Å². The largest absolute Gasteiger partial charge is 1.00 e. The predicted octanol–water partition coefficient (Wildman–Crippen LogP) is -0.675. The Labute approximate surface area is 68.9 Å². The van der Waals surface area contributed by atoms with E-state index < -0.39 is 0 Å². The van der Waals surface area contributed by atoms with Gasteiger partial charge in [-0.05, 0) is 0 Å². The Hall–Kier alpha value is 0.207. The van der Waals surface area contributed by atoms with E-state index in [0.717, 1.165) is 5.92 Å². The standard InChI is InChI=1S/C8H11.Li/c1-6-7-2-3-8(6)5-4-7;/h7H,1-5H2;/q-1;+1. The van der Waals surface area contributed by atoms with Gasteiger partial charge in [-0.1, -0.05) is 31.6 Å². The van der Waals surface area contributed by atoms with Crippen molar-refractivity contribution in [1.82, 2.24) is 0 Å². The van der Waals surface area contributed by atoms with Gasteiger partial charge in [0.1, 0.15) is 0 Å². The molecule has 2 aliphatic carbocycles. The summed E-state index contributed by atoms with van der Waals surface area (Å²) in [5.74, 6) is 2.58. The van der Waals surface area contributed by atoms with Crippen LogP contribution in [0.3, 0.4) is 0 Å². The first-order chi connectivity index (χ1) is 3.88. The average molecular weight is 114 g/mol. The van der Waals surface area contributed by atoms with Gasteiger partial charge in [0.15, 0.2) is 0 Å². The molecule has 2 bridgehead atoms. The Balaban J connectivity index is 0.000000405. The van der Waals surface area contributed by atoms with Crippen LogP contribution in [0.2, 0.25) is 0 Å². The Morgan fingerprint density at radius 1 is 1.33 bits per heavy atom. The quantitative estimate of drug-likeness (QED) is 0.289. The minimum Gasteiger partial charge on any atom is -0.241 e. The van der Waals surface area contributed by atoms with Gasteiger partial charge in [-0.25, -0.2) is 18.1 Å². The second kappa shape index (κ2) is 2.44. The molecule has 0 aromatic carbocycles. The summed E-state index contributed by atoms with van der Waals surface area (Å²) in [5.41, 5.74) is 1.49. The normalized spacial score (nSPS) is 24.9. The predicted molar refractivity (Wildman–Crippen MR) is 34.3 cm³/mol. The molecule has 0 amide bonds. The van der Waals surface area contributed by atoms with E-state index in [1.165, 1.54) is 31.3 Å². The summed E-state index contributed by atoms with van der Waals surface area (Å²) in [7, 11) is 0.